The summed E-state index contributed by atoms with van der Waals surface area (Å²) in [5.74, 6) is 1.99. The van der Waals surface area contributed by atoms with Crippen LogP contribution in [0.25, 0.3) is 0 Å². The molecule has 0 radical (unpaired) electrons. The van der Waals surface area contributed by atoms with E-state index in [1.807, 2.05) is 0 Å². The van der Waals surface area contributed by atoms with Crippen molar-refractivity contribution in [1.82, 2.24) is 10.6 Å². The Hall–Kier alpha value is -0.0800. The van der Waals surface area contributed by atoms with E-state index in [0.717, 1.165) is 11.8 Å². The van der Waals surface area contributed by atoms with E-state index in [4.69, 9.17) is 0 Å². The normalized spacial score (nSPS) is 50.4. The van der Waals surface area contributed by atoms with Gasteiger partial charge in [-0.2, -0.15) is 0 Å². The molecule has 3 rings (SSSR count). The molecule has 2 unspecified atom stereocenters. The molecule has 3 aliphatic rings. The van der Waals surface area contributed by atoms with Crippen LogP contribution in [0.1, 0.15) is 46.0 Å². The van der Waals surface area contributed by atoms with E-state index in [9.17, 15) is 0 Å². The van der Waals surface area contributed by atoms with Crippen LogP contribution in [0.15, 0.2) is 0 Å². The summed E-state index contributed by atoms with van der Waals surface area (Å²) >= 11 is 0. The van der Waals surface area contributed by atoms with Crippen LogP contribution < -0.4 is 10.6 Å². The van der Waals surface area contributed by atoms with E-state index in [1.165, 1.54) is 32.1 Å². The third-order valence-electron chi connectivity index (χ3n) is 4.80. The third kappa shape index (κ3) is 2.21. The van der Waals surface area contributed by atoms with Crippen LogP contribution >= 0.6 is 0 Å². The molecule has 3 aliphatic carbocycles. The molecule has 0 saturated heterocycles. The lowest BCUT2D eigenvalue weighted by Crippen LogP contribution is -2.56. The molecule has 0 aromatic carbocycles. The van der Waals surface area contributed by atoms with E-state index in [0.29, 0.717) is 11.1 Å². The second-order valence-electron chi connectivity index (χ2n) is 6.41. The summed E-state index contributed by atoms with van der Waals surface area (Å²) in [5.41, 5.74) is 0.654. The maximum atomic E-state index is 3.55. The van der Waals surface area contributed by atoms with Gasteiger partial charge in [-0.25, -0.2) is 0 Å². The molecule has 0 heterocycles. The van der Waals surface area contributed by atoms with Crippen molar-refractivity contribution in [3.63, 3.8) is 0 Å². The minimum Gasteiger partial charge on any atom is -0.314 e. The molecule has 0 amide bonds. The molecule has 2 nitrogen and oxygen atoms in total. The molecule has 88 valence electrons. The van der Waals surface area contributed by atoms with Gasteiger partial charge in [-0.3, -0.25) is 0 Å². The predicted molar refractivity (Wildman–Crippen MR) is 65.0 cm³/mol. The van der Waals surface area contributed by atoms with Gasteiger partial charge in [-0.1, -0.05) is 0 Å². The Balaban J connectivity index is 2.14. The minimum absolute atomic E-state index is 0.327. The predicted octanol–water partition coefficient (Wildman–Crippen LogP) is 2.15. The average molecular weight is 210 g/mol. The summed E-state index contributed by atoms with van der Waals surface area (Å²) in [7, 11) is 4.24. The molecule has 3 fully saturated rings. The highest BCUT2D eigenvalue weighted by Gasteiger charge is 2.44. The van der Waals surface area contributed by atoms with Gasteiger partial charge in [-0.05, 0) is 71.9 Å². The second kappa shape index (κ2) is 3.74. The zero-order valence-corrected chi connectivity index (χ0v) is 10.7. The summed E-state index contributed by atoms with van der Waals surface area (Å²) < 4.78 is 0. The summed E-state index contributed by atoms with van der Waals surface area (Å²) in [4.78, 5) is 0. The van der Waals surface area contributed by atoms with Crippen LogP contribution in [0.3, 0.4) is 0 Å². The molecule has 0 aromatic rings. The number of rotatable bonds is 2. The van der Waals surface area contributed by atoms with Crippen molar-refractivity contribution in [2.45, 2.75) is 57.0 Å². The van der Waals surface area contributed by atoms with Gasteiger partial charge in [0, 0.05) is 11.1 Å². The molecule has 0 aliphatic heterocycles. The van der Waals surface area contributed by atoms with Crippen LogP contribution in [0.4, 0.5) is 0 Å². The maximum absolute atomic E-state index is 3.55. The Kier molecular flexibility index (Phi) is 2.85. The van der Waals surface area contributed by atoms with Crippen molar-refractivity contribution in [2.24, 2.45) is 11.8 Å². The van der Waals surface area contributed by atoms with Crippen molar-refractivity contribution >= 4 is 0 Å². The SMILES string of the molecule is CNC1(C)CC2CC(C2)CC(C)(NC)C1. The maximum Gasteiger partial charge on any atom is 0.0170 e. The molecule has 2 heteroatoms. The first-order valence-corrected chi connectivity index (χ1v) is 6.36. The van der Waals surface area contributed by atoms with Crippen LogP contribution in [0.5, 0.6) is 0 Å². The number of hydrogen-bond acceptors (Lipinski definition) is 2. The minimum atomic E-state index is 0.327. The Morgan fingerprint density at radius 3 is 1.60 bits per heavy atom. The molecule has 15 heavy (non-hydrogen) atoms. The Morgan fingerprint density at radius 2 is 1.27 bits per heavy atom. The quantitative estimate of drug-likeness (QED) is 0.730. The van der Waals surface area contributed by atoms with E-state index in [1.54, 1.807) is 0 Å². The highest BCUT2D eigenvalue weighted by molar-refractivity contribution is 5.02. The molecule has 3 saturated carbocycles. The fourth-order valence-electron chi connectivity index (χ4n) is 3.87. The van der Waals surface area contributed by atoms with E-state index >= 15 is 0 Å². The van der Waals surface area contributed by atoms with Crippen molar-refractivity contribution < 1.29 is 0 Å². The van der Waals surface area contributed by atoms with E-state index < -0.39 is 0 Å². The van der Waals surface area contributed by atoms with Crippen LogP contribution in [0.2, 0.25) is 0 Å². The highest BCUT2D eigenvalue weighted by Crippen LogP contribution is 2.47. The summed E-state index contributed by atoms with van der Waals surface area (Å²) in [6.07, 6.45) is 6.90. The monoisotopic (exact) mass is 210 g/mol. The number of fused-ring (bicyclic) bond motifs is 4. The fourth-order valence-corrected chi connectivity index (χ4v) is 3.87. The van der Waals surface area contributed by atoms with Gasteiger partial charge in [0.25, 0.3) is 0 Å². The Bertz CT molecular complexity index is 213. The van der Waals surface area contributed by atoms with Gasteiger partial charge < -0.3 is 10.6 Å². The molecular formula is C13H26N2. The highest BCUT2D eigenvalue weighted by atomic mass is 15.0. The van der Waals surface area contributed by atoms with Gasteiger partial charge in [0.15, 0.2) is 0 Å². The fraction of sp³-hybridized carbons (Fsp3) is 1.00. The lowest BCUT2D eigenvalue weighted by molar-refractivity contribution is 0.0513. The molecule has 2 atom stereocenters. The molecular weight excluding hydrogens is 184 g/mol. The lowest BCUT2D eigenvalue weighted by Gasteiger charge is -2.51. The van der Waals surface area contributed by atoms with Crippen molar-refractivity contribution in [3.8, 4) is 0 Å². The summed E-state index contributed by atoms with van der Waals surface area (Å²) in [6, 6.07) is 0. The lowest BCUT2D eigenvalue weighted by atomic mass is 9.60. The molecule has 2 bridgehead atoms. The van der Waals surface area contributed by atoms with E-state index in [-0.39, 0.29) is 0 Å². The van der Waals surface area contributed by atoms with Crippen molar-refractivity contribution in [2.75, 3.05) is 14.1 Å². The summed E-state index contributed by atoms with van der Waals surface area (Å²) in [6.45, 7) is 4.78. The van der Waals surface area contributed by atoms with Crippen LogP contribution in [-0.4, -0.2) is 25.2 Å². The van der Waals surface area contributed by atoms with Gasteiger partial charge in [0.1, 0.15) is 0 Å². The molecule has 0 aromatic heterocycles. The molecule has 2 N–H and O–H groups in total. The first-order valence-electron chi connectivity index (χ1n) is 6.36. The van der Waals surface area contributed by atoms with Gasteiger partial charge in [0.05, 0.1) is 0 Å². The largest absolute Gasteiger partial charge is 0.314 e. The van der Waals surface area contributed by atoms with Crippen molar-refractivity contribution in [3.05, 3.63) is 0 Å². The van der Waals surface area contributed by atoms with Crippen LogP contribution in [-0.2, 0) is 0 Å². The first kappa shape index (κ1) is 11.4. The van der Waals surface area contributed by atoms with Crippen molar-refractivity contribution in [1.29, 1.82) is 0 Å². The molecule has 0 spiro atoms. The Morgan fingerprint density at radius 1 is 0.867 bits per heavy atom. The Labute approximate surface area is 94.2 Å². The van der Waals surface area contributed by atoms with Gasteiger partial charge >= 0.3 is 0 Å². The van der Waals surface area contributed by atoms with Crippen LogP contribution in [0, 0.1) is 11.8 Å². The summed E-state index contributed by atoms with van der Waals surface area (Å²) in [5, 5.41) is 7.11. The smallest absolute Gasteiger partial charge is 0.0170 e. The second-order valence-corrected chi connectivity index (χ2v) is 6.41. The standard InChI is InChI=1S/C13H26N2/c1-12(14-3)7-10-5-11(6-10)8-13(2,9-12)15-4/h10-11,14-15H,5-9H2,1-4H3. The van der Waals surface area contributed by atoms with Gasteiger partial charge in [0.2, 0.25) is 0 Å². The van der Waals surface area contributed by atoms with E-state index in [2.05, 4.69) is 38.6 Å². The first-order chi connectivity index (χ1) is 6.99. The third-order valence-corrected chi connectivity index (χ3v) is 4.80. The zero-order valence-electron chi connectivity index (χ0n) is 10.7. The number of nitrogens with one attached hydrogen (secondary N) is 2. The zero-order chi connectivity index (χ0) is 11.1. The topological polar surface area (TPSA) is 24.1 Å². The van der Waals surface area contributed by atoms with Gasteiger partial charge in [-0.15, -0.1) is 0 Å². The number of hydrogen-bond donors (Lipinski definition) is 2. The average Bonchev–Trinajstić information content (AvgIpc) is 2.12.